The molecule has 0 saturated heterocycles. The number of hydrogen-bond donors (Lipinski definition) is 0. The van der Waals surface area contributed by atoms with Gasteiger partial charge in [-0.15, -0.1) is 13.2 Å². The van der Waals surface area contributed by atoms with Crippen molar-refractivity contribution in [2.75, 3.05) is 0 Å². The molecule has 0 spiro atoms. The fraction of sp³-hybridized carbons (Fsp3) is 0.111. The SMILES string of the molecule is C=[C]c1cc(OC(F)(F)F)ccc1Cl. The average molecular weight is 222 g/mol. The Hall–Kier alpha value is -1.16. The van der Waals surface area contributed by atoms with Crippen LogP contribution in [0.5, 0.6) is 5.75 Å². The number of halogens is 4. The molecule has 0 unspecified atom stereocenters. The Morgan fingerprint density at radius 1 is 1.36 bits per heavy atom. The zero-order chi connectivity index (χ0) is 10.8. The molecule has 0 fully saturated rings. The molecule has 1 radical (unpaired) electrons. The quantitative estimate of drug-likeness (QED) is 0.742. The topological polar surface area (TPSA) is 9.23 Å². The van der Waals surface area contributed by atoms with Gasteiger partial charge in [-0.3, -0.25) is 0 Å². The van der Waals surface area contributed by atoms with Crippen LogP contribution in [0.15, 0.2) is 24.8 Å². The molecule has 0 N–H and O–H groups in total. The first-order valence-electron chi connectivity index (χ1n) is 3.51. The molecule has 1 rings (SSSR count). The lowest BCUT2D eigenvalue weighted by molar-refractivity contribution is -0.274. The Bertz CT molecular complexity index is 346. The van der Waals surface area contributed by atoms with Gasteiger partial charge in [0.15, 0.2) is 0 Å². The number of alkyl halides is 3. The molecule has 1 nitrogen and oxygen atoms in total. The Morgan fingerprint density at radius 2 is 2.00 bits per heavy atom. The van der Waals surface area contributed by atoms with E-state index < -0.39 is 6.36 Å². The fourth-order valence-corrected chi connectivity index (χ4v) is 1.02. The van der Waals surface area contributed by atoms with E-state index in [0.717, 1.165) is 12.1 Å². The summed E-state index contributed by atoms with van der Waals surface area (Å²) in [5.41, 5.74) is 0.272. The Kier molecular flexibility index (Phi) is 3.06. The minimum atomic E-state index is -4.70. The maximum Gasteiger partial charge on any atom is 0.573 e. The highest BCUT2D eigenvalue weighted by Gasteiger charge is 2.31. The van der Waals surface area contributed by atoms with Gasteiger partial charge in [0.05, 0.1) is 0 Å². The van der Waals surface area contributed by atoms with Gasteiger partial charge in [0.2, 0.25) is 0 Å². The van der Waals surface area contributed by atoms with Crippen LogP contribution in [0, 0.1) is 6.08 Å². The summed E-state index contributed by atoms with van der Waals surface area (Å²) >= 11 is 5.63. The van der Waals surface area contributed by atoms with Gasteiger partial charge < -0.3 is 4.74 Å². The summed E-state index contributed by atoms with van der Waals surface area (Å²) in [6, 6.07) is 3.52. The highest BCUT2D eigenvalue weighted by atomic mass is 35.5. The van der Waals surface area contributed by atoms with Crippen LogP contribution in [-0.2, 0) is 0 Å². The van der Waals surface area contributed by atoms with Crippen LogP contribution in [0.1, 0.15) is 5.56 Å². The summed E-state index contributed by atoms with van der Waals surface area (Å²) < 4.78 is 39.0. The molecule has 0 atom stereocenters. The molecule has 1 aromatic rings. The van der Waals surface area contributed by atoms with Crippen molar-refractivity contribution in [3.63, 3.8) is 0 Å². The highest BCUT2D eigenvalue weighted by molar-refractivity contribution is 6.31. The minimum absolute atomic E-state index is 0.272. The van der Waals surface area contributed by atoms with Crippen molar-refractivity contribution >= 4 is 11.6 Å². The van der Waals surface area contributed by atoms with Gasteiger partial charge in [0.25, 0.3) is 0 Å². The zero-order valence-electron chi connectivity index (χ0n) is 6.86. The normalized spacial score (nSPS) is 11.1. The maximum atomic E-state index is 11.8. The molecule has 0 heterocycles. The van der Waals surface area contributed by atoms with E-state index in [2.05, 4.69) is 17.4 Å². The summed E-state index contributed by atoms with van der Waals surface area (Å²) in [5.74, 6) is -0.340. The first-order chi connectivity index (χ1) is 6.42. The van der Waals surface area contributed by atoms with Gasteiger partial charge in [0, 0.05) is 10.6 Å². The second kappa shape index (κ2) is 3.92. The molecule has 0 saturated carbocycles. The van der Waals surface area contributed by atoms with Crippen molar-refractivity contribution in [3.8, 4) is 5.75 Å². The van der Waals surface area contributed by atoms with Gasteiger partial charge in [0.1, 0.15) is 5.75 Å². The second-order valence-corrected chi connectivity index (χ2v) is 2.77. The van der Waals surface area contributed by atoms with Crippen LogP contribution in [-0.4, -0.2) is 6.36 Å². The Morgan fingerprint density at radius 3 is 2.50 bits per heavy atom. The predicted molar refractivity (Wildman–Crippen MR) is 46.1 cm³/mol. The van der Waals surface area contributed by atoms with Crippen molar-refractivity contribution in [2.24, 2.45) is 0 Å². The monoisotopic (exact) mass is 221 g/mol. The summed E-state index contributed by atoms with van der Waals surface area (Å²) in [7, 11) is 0. The molecule has 0 aliphatic heterocycles. The third kappa shape index (κ3) is 2.96. The molecule has 0 amide bonds. The average Bonchev–Trinajstić information content (AvgIpc) is 2.06. The molecule has 5 heteroatoms. The summed E-state index contributed by atoms with van der Waals surface area (Å²) in [6.07, 6.45) is -2.31. The summed E-state index contributed by atoms with van der Waals surface area (Å²) in [5, 5.41) is 0.273. The third-order valence-corrected chi connectivity index (χ3v) is 1.69. The van der Waals surface area contributed by atoms with Crippen LogP contribution >= 0.6 is 11.6 Å². The Labute approximate surface area is 83.8 Å². The van der Waals surface area contributed by atoms with Crippen molar-refractivity contribution < 1.29 is 17.9 Å². The van der Waals surface area contributed by atoms with E-state index >= 15 is 0 Å². The first kappa shape index (κ1) is 10.9. The van der Waals surface area contributed by atoms with Crippen LogP contribution in [0.2, 0.25) is 5.02 Å². The summed E-state index contributed by atoms with van der Waals surface area (Å²) in [4.78, 5) is 0. The van der Waals surface area contributed by atoms with Crippen molar-refractivity contribution in [1.29, 1.82) is 0 Å². The van der Waals surface area contributed by atoms with Gasteiger partial charge in [-0.25, -0.2) is 0 Å². The lowest BCUT2D eigenvalue weighted by Gasteiger charge is -2.09. The van der Waals surface area contributed by atoms with E-state index in [-0.39, 0.29) is 16.3 Å². The molecule has 75 valence electrons. The van der Waals surface area contributed by atoms with Crippen LogP contribution in [0.3, 0.4) is 0 Å². The van der Waals surface area contributed by atoms with Crippen LogP contribution < -0.4 is 4.74 Å². The van der Waals surface area contributed by atoms with Crippen LogP contribution in [0.25, 0.3) is 0 Å². The highest BCUT2D eigenvalue weighted by Crippen LogP contribution is 2.26. The maximum absolute atomic E-state index is 11.8. The smallest absolute Gasteiger partial charge is 0.406 e. The molecule has 1 aromatic carbocycles. The van der Waals surface area contributed by atoms with Crippen LogP contribution in [0.4, 0.5) is 13.2 Å². The standard InChI is InChI=1S/C9H5ClF3O/c1-2-6-5-7(3-4-8(6)10)14-9(11,12)13/h3-5H,1H2. The van der Waals surface area contributed by atoms with Gasteiger partial charge >= 0.3 is 6.36 Å². The molecule has 0 aliphatic carbocycles. The predicted octanol–water partition coefficient (Wildman–Crippen LogP) is 3.58. The number of hydrogen-bond acceptors (Lipinski definition) is 1. The molecular weight excluding hydrogens is 217 g/mol. The molecule has 0 aliphatic rings. The molecule has 0 bridgehead atoms. The number of benzene rings is 1. The van der Waals surface area contributed by atoms with E-state index in [1.165, 1.54) is 6.07 Å². The van der Waals surface area contributed by atoms with E-state index in [1.807, 2.05) is 0 Å². The van der Waals surface area contributed by atoms with E-state index in [1.54, 1.807) is 0 Å². The minimum Gasteiger partial charge on any atom is -0.406 e. The first-order valence-corrected chi connectivity index (χ1v) is 3.88. The van der Waals surface area contributed by atoms with E-state index in [9.17, 15) is 13.2 Å². The molecular formula is C9H5ClF3O. The number of rotatable bonds is 2. The zero-order valence-corrected chi connectivity index (χ0v) is 7.62. The largest absolute Gasteiger partial charge is 0.573 e. The van der Waals surface area contributed by atoms with Gasteiger partial charge in [-0.1, -0.05) is 18.2 Å². The van der Waals surface area contributed by atoms with Crippen molar-refractivity contribution in [3.05, 3.63) is 41.4 Å². The summed E-state index contributed by atoms with van der Waals surface area (Å²) in [6.45, 7) is 3.28. The van der Waals surface area contributed by atoms with E-state index in [4.69, 9.17) is 11.6 Å². The third-order valence-electron chi connectivity index (χ3n) is 1.36. The van der Waals surface area contributed by atoms with Gasteiger partial charge in [-0.05, 0) is 24.3 Å². The van der Waals surface area contributed by atoms with Crippen molar-refractivity contribution in [2.45, 2.75) is 6.36 Å². The number of ether oxygens (including phenoxy) is 1. The lowest BCUT2D eigenvalue weighted by Crippen LogP contribution is -2.17. The Balaban J connectivity index is 2.95. The molecule has 0 aromatic heterocycles. The lowest BCUT2D eigenvalue weighted by atomic mass is 10.2. The van der Waals surface area contributed by atoms with E-state index in [0.29, 0.717) is 0 Å². The van der Waals surface area contributed by atoms with Crippen molar-refractivity contribution in [1.82, 2.24) is 0 Å². The second-order valence-electron chi connectivity index (χ2n) is 2.37. The molecule has 14 heavy (non-hydrogen) atoms. The van der Waals surface area contributed by atoms with Gasteiger partial charge in [-0.2, -0.15) is 0 Å². The fourth-order valence-electron chi connectivity index (χ4n) is 0.837.